The fourth-order valence-corrected chi connectivity index (χ4v) is 28.8. The van der Waals surface area contributed by atoms with Gasteiger partial charge in [0.2, 0.25) is 0 Å². The van der Waals surface area contributed by atoms with Crippen molar-refractivity contribution in [2.75, 3.05) is 0 Å². The van der Waals surface area contributed by atoms with Gasteiger partial charge in [-0.3, -0.25) is 0 Å². The van der Waals surface area contributed by atoms with Gasteiger partial charge in [-0.2, -0.15) is 0 Å². The summed E-state index contributed by atoms with van der Waals surface area (Å²) >= 11 is -1.44. The second-order valence-corrected chi connectivity index (χ2v) is 40.3. The zero-order chi connectivity index (χ0) is 20.5. The van der Waals surface area contributed by atoms with Crippen LogP contribution in [0.15, 0.2) is 67.4 Å². The van der Waals surface area contributed by atoms with Gasteiger partial charge in [0.05, 0.1) is 0 Å². The van der Waals surface area contributed by atoms with E-state index in [1.54, 1.807) is 27.9 Å². The molecule has 1 aromatic carbocycles. The summed E-state index contributed by atoms with van der Waals surface area (Å²) < 4.78 is 7.85. The zero-order valence-corrected chi connectivity index (χ0v) is 25.4. The first-order valence-electron chi connectivity index (χ1n) is 10.3. The van der Waals surface area contributed by atoms with Gasteiger partial charge in [0.25, 0.3) is 0 Å². The molecule has 0 N–H and O–H groups in total. The molecule has 2 aromatic rings. The number of rotatable bonds is 3. The molecule has 0 radical (unpaired) electrons. The Morgan fingerprint density at radius 3 is 2.03 bits per heavy atom. The predicted octanol–water partition coefficient (Wildman–Crippen LogP) is 8.06. The number of thiophene rings is 1. The number of hydrogen-bond donors (Lipinski definition) is 0. The van der Waals surface area contributed by atoms with Crippen LogP contribution in [0.3, 0.4) is 0 Å². The van der Waals surface area contributed by atoms with E-state index in [4.69, 9.17) is 0 Å². The summed E-state index contributed by atoms with van der Waals surface area (Å²) in [5.41, 5.74) is 10.9. The second kappa shape index (κ2) is 8.64. The van der Waals surface area contributed by atoms with Crippen LogP contribution in [0, 0.1) is 5.92 Å². The minimum atomic E-state index is -3.32. The summed E-state index contributed by atoms with van der Waals surface area (Å²) in [5, 5.41) is 2.21. The summed E-state index contributed by atoms with van der Waals surface area (Å²) in [7, 11) is 0. The van der Waals surface area contributed by atoms with E-state index in [1.807, 2.05) is 14.6 Å². The molecule has 1 aromatic heterocycles. The fourth-order valence-electron chi connectivity index (χ4n) is 6.35. The van der Waals surface area contributed by atoms with Crippen LogP contribution < -0.4 is 0 Å². The molecular weight excluding hydrogens is 523 g/mol. The normalized spacial score (nSPS) is 21.6. The van der Waals surface area contributed by atoms with Crippen LogP contribution in [-0.4, -0.2) is 6.88 Å². The molecule has 0 spiro atoms. The zero-order valence-electron chi connectivity index (χ0n) is 19.1. The maximum atomic E-state index is 2.71. The molecule has 162 valence electrons. The first-order valence-corrected chi connectivity index (χ1v) is 24.7. The molecule has 0 nitrogen and oxygen atoms in total. The van der Waals surface area contributed by atoms with Gasteiger partial charge in [-0.25, -0.2) is 0 Å². The molecule has 30 heavy (non-hydrogen) atoms. The number of hydrogen-bond acceptors (Lipinski definition) is 1. The van der Waals surface area contributed by atoms with Crippen LogP contribution in [-0.2, 0) is 17.4 Å². The average molecular weight is 557 g/mol. The third-order valence-electron chi connectivity index (χ3n) is 7.59. The van der Waals surface area contributed by atoms with E-state index in [0.717, 1.165) is 0 Å². The van der Waals surface area contributed by atoms with Gasteiger partial charge in [-0.15, -0.1) is 24.8 Å². The largest absolute Gasteiger partial charge is 0.147 e. The van der Waals surface area contributed by atoms with Crippen molar-refractivity contribution in [1.82, 2.24) is 0 Å². The van der Waals surface area contributed by atoms with Crippen molar-refractivity contribution in [3.8, 4) is 0 Å². The second-order valence-electron chi connectivity index (χ2n) is 9.93. The Morgan fingerprint density at radius 1 is 0.867 bits per heavy atom. The summed E-state index contributed by atoms with van der Waals surface area (Å²) in [6, 6.07) is 13.7. The van der Waals surface area contributed by atoms with Gasteiger partial charge >= 0.3 is 178 Å². The molecule has 2 aliphatic rings. The van der Waals surface area contributed by atoms with Crippen molar-refractivity contribution >= 4 is 48.6 Å². The van der Waals surface area contributed by atoms with E-state index in [0.29, 0.717) is 9.54 Å². The van der Waals surface area contributed by atoms with Crippen LogP contribution in [0.5, 0.6) is 0 Å². The van der Waals surface area contributed by atoms with E-state index in [1.165, 1.54) is 16.0 Å². The van der Waals surface area contributed by atoms with Gasteiger partial charge < -0.3 is 0 Å². The Morgan fingerprint density at radius 2 is 1.50 bits per heavy atom. The summed E-state index contributed by atoms with van der Waals surface area (Å²) in [6.07, 6.45) is 0. The van der Waals surface area contributed by atoms with E-state index >= 15 is 0 Å². The summed E-state index contributed by atoms with van der Waals surface area (Å²) in [4.78, 5) is 1.43. The van der Waals surface area contributed by atoms with E-state index in [-0.39, 0.29) is 24.8 Å². The molecule has 0 saturated carbocycles. The Labute approximate surface area is 201 Å². The van der Waals surface area contributed by atoms with Gasteiger partial charge in [0.15, 0.2) is 0 Å². The monoisotopic (exact) mass is 554 g/mol. The quantitative estimate of drug-likeness (QED) is 0.336. The summed E-state index contributed by atoms with van der Waals surface area (Å²) in [5.74, 6) is 0.601. The predicted molar refractivity (Wildman–Crippen MR) is 140 cm³/mol. The minimum absolute atomic E-state index is 0. The van der Waals surface area contributed by atoms with Gasteiger partial charge in [0, 0.05) is 0 Å². The Hall–Kier alpha value is -0.180. The Bertz CT molecular complexity index is 1150. The van der Waals surface area contributed by atoms with Crippen LogP contribution in [0.1, 0.15) is 54.2 Å². The molecule has 4 rings (SSSR count). The Kier molecular flexibility index (Phi) is 7.51. The topological polar surface area (TPSA) is 0 Å². The molecule has 2 atom stereocenters. The van der Waals surface area contributed by atoms with Crippen LogP contribution in [0.2, 0.25) is 9.26 Å². The average Bonchev–Trinajstić information content (AvgIpc) is 3.28. The smallest absolute Gasteiger partial charge is 0.147 e. The maximum absolute atomic E-state index is 3.32. The van der Waals surface area contributed by atoms with E-state index in [9.17, 15) is 0 Å². The molecule has 0 fully saturated rings. The van der Waals surface area contributed by atoms with E-state index in [2.05, 4.69) is 92.5 Å². The molecule has 0 bridgehead atoms. The van der Waals surface area contributed by atoms with Crippen molar-refractivity contribution < 1.29 is 17.4 Å². The molecule has 0 saturated heterocycles. The first-order chi connectivity index (χ1) is 13.0. The number of halogens is 2. The molecular formula is C25H34Cl2SSiZr. The first kappa shape index (κ1) is 26.1. The summed E-state index contributed by atoms with van der Waals surface area (Å²) in [6.45, 7) is 14.4. The van der Waals surface area contributed by atoms with Crippen molar-refractivity contribution in [3.05, 3.63) is 83.4 Å². The van der Waals surface area contributed by atoms with Crippen molar-refractivity contribution in [2.45, 2.75) is 47.5 Å². The van der Waals surface area contributed by atoms with Crippen LogP contribution in [0.4, 0.5) is 0 Å². The SMILES string of the molecule is CC1=C(C)C(C)[C]([Zr]([CH3])([CH3])(=[SiH2])[CH]2C(C)=C(c3cccs3)c3ccccc32)=C1C.Cl.Cl. The van der Waals surface area contributed by atoms with Crippen molar-refractivity contribution in [2.24, 2.45) is 5.92 Å². The van der Waals surface area contributed by atoms with Crippen LogP contribution >= 0.6 is 36.2 Å². The van der Waals surface area contributed by atoms with Gasteiger partial charge in [-0.1, -0.05) is 0 Å². The molecule has 2 aliphatic carbocycles. The number of allylic oxidation sites excluding steroid dienone is 5. The Balaban J connectivity index is 0.00000160. The third kappa shape index (κ3) is 3.67. The maximum Gasteiger partial charge on any atom is -0.147 e. The number of benzene rings is 1. The number of fused-ring (bicyclic) bond motifs is 1. The standard InChI is InChI=1S/C14H11S.C9H13.2CH3.2ClH.H2Si.Zr/c1-10-9-11-5-2-3-6-12(11)14(10)13-7-4-8-15-13;1-6-5-7(2)9(4)8(6)3;;;;;;/h2-9H,1H3;6H,1-4H3;2*1H3;2*1H;1H2;. The third-order valence-corrected chi connectivity index (χ3v) is 25.9. The molecule has 5 heteroatoms. The molecule has 0 amide bonds. The fraction of sp³-hybridized carbons (Fsp3) is 0.360. The van der Waals surface area contributed by atoms with Crippen molar-refractivity contribution in [1.29, 1.82) is 0 Å². The van der Waals surface area contributed by atoms with Gasteiger partial charge in [0.1, 0.15) is 0 Å². The minimum Gasteiger partial charge on any atom is -0.147 e. The van der Waals surface area contributed by atoms with Crippen molar-refractivity contribution in [3.63, 3.8) is 0 Å². The van der Waals surface area contributed by atoms with E-state index < -0.39 is 17.4 Å². The molecule has 2 unspecified atom stereocenters. The molecule has 1 heterocycles. The van der Waals surface area contributed by atoms with Gasteiger partial charge in [-0.05, 0) is 0 Å². The molecule has 0 aliphatic heterocycles. The van der Waals surface area contributed by atoms with Crippen LogP contribution in [0.25, 0.3) is 5.57 Å².